The summed E-state index contributed by atoms with van der Waals surface area (Å²) >= 11 is 0. The van der Waals surface area contributed by atoms with E-state index in [-0.39, 0.29) is 17.1 Å². The maximum atomic E-state index is 13.4. The summed E-state index contributed by atoms with van der Waals surface area (Å²) in [5.41, 5.74) is 4.94. The molecule has 0 unspecified atom stereocenters. The van der Waals surface area contributed by atoms with Crippen LogP contribution in [0, 0.1) is 5.82 Å². The van der Waals surface area contributed by atoms with Crippen LogP contribution in [0.3, 0.4) is 0 Å². The number of imidazole rings is 1. The number of aromatic nitrogens is 2. The first-order chi connectivity index (χ1) is 9.32. The van der Waals surface area contributed by atoms with Crippen molar-refractivity contribution in [2.45, 2.75) is 26.1 Å². The Labute approximate surface area is 113 Å². The van der Waals surface area contributed by atoms with Crippen molar-refractivity contribution in [3.8, 4) is 11.3 Å². The van der Waals surface area contributed by atoms with Crippen molar-refractivity contribution in [3.05, 3.63) is 35.9 Å². The van der Waals surface area contributed by atoms with Gasteiger partial charge in [-0.15, -0.1) is 0 Å². The fraction of sp³-hybridized carbons (Fsp3) is 0.308. The van der Waals surface area contributed by atoms with Crippen molar-refractivity contribution in [2.24, 2.45) is 0 Å². The Bertz CT molecular complexity index is 617. The summed E-state index contributed by atoms with van der Waals surface area (Å²) in [4.78, 5) is 3.97. The molecule has 3 nitrogen and oxygen atoms in total. The molecule has 0 aliphatic rings. The van der Waals surface area contributed by atoms with Crippen LogP contribution in [-0.4, -0.2) is 9.55 Å². The molecule has 0 fully saturated rings. The van der Waals surface area contributed by atoms with Crippen LogP contribution >= 0.6 is 0 Å². The van der Waals surface area contributed by atoms with Gasteiger partial charge in [0.15, 0.2) is 0 Å². The van der Waals surface area contributed by atoms with Crippen LogP contribution in [0.15, 0.2) is 24.5 Å². The van der Waals surface area contributed by atoms with E-state index in [1.165, 1.54) is 6.33 Å². The van der Waals surface area contributed by atoms with Crippen molar-refractivity contribution >= 4 is 5.82 Å². The minimum atomic E-state index is -4.61. The Morgan fingerprint density at radius 1 is 1.25 bits per heavy atom. The summed E-state index contributed by atoms with van der Waals surface area (Å²) in [6.45, 7) is 2.53. The van der Waals surface area contributed by atoms with E-state index in [1.54, 1.807) is 4.57 Å². The summed E-state index contributed by atoms with van der Waals surface area (Å²) in [6, 6.07) is 2.28. The molecule has 20 heavy (non-hydrogen) atoms. The Morgan fingerprint density at radius 3 is 2.55 bits per heavy atom. The monoisotopic (exact) mass is 287 g/mol. The first-order valence-corrected chi connectivity index (χ1v) is 6.01. The number of aryl methyl sites for hydroxylation is 1. The standard InChI is InChI=1S/C13H13F4N3/c1-2-3-20-7-19-11(12(20)18)8-4-9(13(15,16)17)6-10(14)5-8/h4-7H,2-3,18H2,1H3. The number of benzene rings is 1. The van der Waals surface area contributed by atoms with Gasteiger partial charge in [-0.1, -0.05) is 6.92 Å². The van der Waals surface area contributed by atoms with Gasteiger partial charge in [0.2, 0.25) is 0 Å². The van der Waals surface area contributed by atoms with Crippen molar-refractivity contribution in [3.63, 3.8) is 0 Å². The van der Waals surface area contributed by atoms with Crippen LogP contribution in [-0.2, 0) is 12.7 Å². The van der Waals surface area contributed by atoms with Crippen LogP contribution in [0.5, 0.6) is 0 Å². The van der Waals surface area contributed by atoms with Gasteiger partial charge in [0.25, 0.3) is 0 Å². The van der Waals surface area contributed by atoms with Crippen LogP contribution in [0.25, 0.3) is 11.3 Å². The summed E-state index contributed by atoms with van der Waals surface area (Å²) < 4.78 is 53.0. The molecule has 0 aliphatic carbocycles. The first kappa shape index (κ1) is 14.4. The molecule has 2 rings (SSSR count). The van der Waals surface area contributed by atoms with E-state index in [0.717, 1.165) is 18.6 Å². The lowest BCUT2D eigenvalue weighted by Gasteiger charge is -2.09. The number of nitrogens with two attached hydrogens (primary N) is 1. The molecule has 0 bridgehead atoms. The van der Waals surface area contributed by atoms with E-state index < -0.39 is 17.6 Å². The van der Waals surface area contributed by atoms with Crippen LogP contribution < -0.4 is 5.73 Å². The molecule has 0 saturated carbocycles. The van der Waals surface area contributed by atoms with E-state index in [1.807, 2.05) is 6.92 Å². The fourth-order valence-corrected chi connectivity index (χ4v) is 1.92. The molecule has 0 saturated heterocycles. The highest BCUT2D eigenvalue weighted by atomic mass is 19.4. The average molecular weight is 287 g/mol. The van der Waals surface area contributed by atoms with Gasteiger partial charge in [0.1, 0.15) is 17.3 Å². The van der Waals surface area contributed by atoms with Gasteiger partial charge in [-0.25, -0.2) is 9.37 Å². The van der Waals surface area contributed by atoms with Crippen LogP contribution in [0.4, 0.5) is 23.4 Å². The molecule has 1 heterocycles. The molecule has 0 amide bonds. The molecule has 0 aliphatic heterocycles. The maximum Gasteiger partial charge on any atom is 0.416 e. The second-order valence-corrected chi connectivity index (χ2v) is 4.40. The molecule has 0 spiro atoms. The molecule has 2 N–H and O–H groups in total. The number of alkyl halides is 3. The number of hydrogen-bond acceptors (Lipinski definition) is 2. The van der Waals surface area contributed by atoms with Gasteiger partial charge in [-0.3, -0.25) is 0 Å². The van der Waals surface area contributed by atoms with Gasteiger partial charge in [-0.05, 0) is 24.6 Å². The molecule has 2 aromatic rings. The number of hydrogen-bond donors (Lipinski definition) is 1. The molecule has 108 valence electrons. The average Bonchev–Trinajstić information content (AvgIpc) is 2.70. The Kier molecular flexibility index (Phi) is 3.69. The molecule has 1 aromatic carbocycles. The summed E-state index contributed by atoms with van der Waals surface area (Å²) in [5.74, 6) is -0.746. The second kappa shape index (κ2) is 5.15. The smallest absolute Gasteiger partial charge is 0.383 e. The summed E-state index contributed by atoms with van der Waals surface area (Å²) in [7, 11) is 0. The summed E-state index contributed by atoms with van der Waals surface area (Å²) in [6.07, 6.45) is -2.37. The van der Waals surface area contributed by atoms with E-state index in [2.05, 4.69) is 4.98 Å². The quantitative estimate of drug-likeness (QED) is 0.875. The van der Waals surface area contributed by atoms with Crippen molar-refractivity contribution < 1.29 is 17.6 Å². The third-order valence-corrected chi connectivity index (χ3v) is 2.84. The number of rotatable bonds is 3. The zero-order valence-electron chi connectivity index (χ0n) is 10.7. The molecular formula is C13H13F4N3. The van der Waals surface area contributed by atoms with Crippen LogP contribution in [0.2, 0.25) is 0 Å². The van der Waals surface area contributed by atoms with E-state index in [0.29, 0.717) is 12.6 Å². The van der Waals surface area contributed by atoms with Gasteiger partial charge < -0.3 is 10.3 Å². The van der Waals surface area contributed by atoms with Gasteiger partial charge in [0.05, 0.1) is 11.9 Å². The first-order valence-electron chi connectivity index (χ1n) is 6.01. The van der Waals surface area contributed by atoms with Crippen molar-refractivity contribution in [1.29, 1.82) is 0 Å². The fourth-order valence-electron chi connectivity index (χ4n) is 1.92. The third-order valence-electron chi connectivity index (χ3n) is 2.84. The minimum absolute atomic E-state index is 0.0182. The predicted molar refractivity (Wildman–Crippen MR) is 67.3 cm³/mol. The Hall–Kier alpha value is -2.05. The zero-order valence-corrected chi connectivity index (χ0v) is 10.7. The summed E-state index contributed by atoms with van der Waals surface area (Å²) in [5, 5.41) is 0. The molecular weight excluding hydrogens is 274 g/mol. The number of halogens is 4. The number of anilines is 1. The van der Waals surface area contributed by atoms with Gasteiger partial charge >= 0.3 is 6.18 Å². The van der Waals surface area contributed by atoms with Crippen molar-refractivity contribution in [1.82, 2.24) is 9.55 Å². The van der Waals surface area contributed by atoms with Gasteiger partial charge in [-0.2, -0.15) is 13.2 Å². The van der Waals surface area contributed by atoms with Crippen LogP contribution in [0.1, 0.15) is 18.9 Å². The SMILES string of the molecule is CCCn1cnc(-c2cc(F)cc(C(F)(F)F)c2)c1N. The highest BCUT2D eigenvalue weighted by Crippen LogP contribution is 2.34. The van der Waals surface area contributed by atoms with E-state index in [4.69, 9.17) is 5.73 Å². The zero-order chi connectivity index (χ0) is 14.9. The highest BCUT2D eigenvalue weighted by molar-refractivity contribution is 5.71. The third kappa shape index (κ3) is 2.76. The highest BCUT2D eigenvalue weighted by Gasteiger charge is 2.31. The largest absolute Gasteiger partial charge is 0.416 e. The minimum Gasteiger partial charge on any atom is -0.383 e. The molecule has 7 heteroatoms. The second-order valence-electron chi connectivity index (χ2n) is 4.40. The lowest BCUT2D eigenvalue weighted by atomic mass is 10.1. The van der Waals surface area contributed by atoms with E-state index in [9.17, 15) is 17.6 Å². The topological polar surface area (TPSA) is 43.8 Å². The lowest BCUT2D eigenvalue weighted by Crippen LogP contribution is -2.06. The van der Waals surface area contributed by atoms with E-state index >= 15 is 0 Å². The van der Waals surface area contributed by atoms with Gasteiger partial charge in [0, 0.05) is 12.1 Å². The predicted octanol–water partition coefficient (Wildman–Crippen LogP) is 3.70. The lowest BCUT2D eigenvalue weighted by molar-refractivity contribution is -0.137. The Morgan fingerprint density at radius 2 is 1.95 bits per heavy atom. The van der Waals surface area contributed by atoms with Crippen molar-refractivity contribution in [2.75, 3.05) is 5.73 Å². The number of nitrogen functional groups attached to an aromatic ring is 1. The molecule has 1 aromatic heterocycles. The number of nitrogens with zero attached hydrogens (tertiary/aromatic N) is 2. The Balaban J connectivity index is 2.50. The molecule has 0 radical (unpaired) electrons. The molecule has 0 atom stereocenters. The normalized spacial score (nSPS) is 11.8. The maximum absolute atomic E-state index is 13.4.